The Morgan fingerprint density at radius 2 is 2.30 bits per heavy atom. The van der Waals surface area contributed by atoms with Crippen molar-refractivity contribution in [3.05, 3.63) is 50.4 Å². The summed E-state index contributed by atoms with van der Waals surface area (Å²) in [5.74, 6) is 4.30. The maximum atomic E-state index is 11.2. The Hall–Kier alpha value is -2.33. The highest BCUT2D eigenvalue weighted by atomic mass is 79.9. The maximum absolute atomic E-state index is 11.2. The van der Waals surface area contributed by atoms with Crippen molar-refractivity contribution in [1.82, 2.24) is 20.2 Å². The molecule has 0 aliphatic heterocycles. The zero-order valence-electron chi connectivity index (χ0n) is 9.99. The number of nitrogens with one attached hydrogen (secondary N) is 1. The first-order chi connectivity index (χ1) is 9.51. The summed E-state index contributed by atoms with van der Waals surface area (Å²) in [7, 11) is 0. The maximum Gasteiger partial charge on any atom is 0.404 e. The molecule has 0 aliphatic rings. The van der Waals surface area contributed by atoms with Gasteiger partial charge in [-0.15, -0.1) is 0 Å². The van der Waals surface area contributed by atoms with Gasteiger partial charge in [-0.1, -0.05) is 0 Å². The van der Waals surface area contributed by atoms with Crippen LogP contribution >= 0.6 is 15.9 Å². The number of halogens is 1. The summed E-state index contributed by atoms with van der Waals surface area (Å²) >= 11 is 3.06. The van der Waals surface area contributed by atoms with Crippen LogP contribution in [0.4, 0.5) is 5.82 Å². The summed E-state index contributed by atoms with van der Waals surface area (Å²) in [5, 5.41) is 14.5. The van der Waals surface area contributed by atoms with Gasteiger partial charge in [-0.3, -0.25) is 15.2 Å². The molecule has 20 heavy (non-hydrogen) atoms. The molecular weight excluding hydrogens is 332 g/mol. The molecule has 10 heteroatoms. The van der Waals surface area contributed by atoms with E-state index < -0.39 is 10.8 Å². The summed E-state index contributed by atoms with van der Waals surface area (Å²) in [6.45, 7) is 0.247. The molecule has 3 N–H and O–H groups in total. The van der Waals surface area contributed by atoms with Crippen molar-refractivity contribution >= 4 is 27.7 Å². The van der Waals surface area contributed by atoms with E-state index in [4.69, 9.17) is 5.84 Å². The number of nitrogens with zero attached hydrogens (tertiary/aromatic N) is 4. The topological polar surface area (TPSA) is 129 Å². The van der Waals surface area contributed by atoms with Crippen molar-refractivity contribution < 1.29 is 9.72 Å². The first-order valence-electron chi connectivity index (χ1n) is 5.34. The van der Waals surface area contributed by atoms with Crippen LogP contribution in [0, 0.1) is 10.1 Å². The fraction of sp³-hybridized carbons (Fsp3) is 0.100. The number of nitro groups is 1. The number of carbonyl (C=O) groups excluding carboxylic acids is 1. The van der Waals surface area contributed by atoms with Gasteiger partial charge in [0.2, 0.25) is 0 Å². The summed E-state index contributed by atoms with van der Waals surface area (Å²) in [6, 6.07) is 3.17. The Bertz CT molecular complexity index is 654. The Morgan fingerprint density at radius 1 is 1.55 bits per heavy atom. The minimum absolute atomic E-state index is 0.247. The van der Waals surface area contributed by atoms with Gasteiger partial charge in [-0.05, 0) is 33.0 Å². The van der Waals surface area contributed by atoms with Crippen molar-refractivity contribution in [2.45, 2.75) is 6.54 Å². The highest BCUT2D eigenvalue weighted by Crippen LogP contribution is 2.22. The van der Waals surface area contributed by atoms with Gasteiger partial charge in [0.25, 0.3) is 5.91 Å². The van der Waals surface area contributed by atoms with Crippen molar-refractivity contribution in [2.24, 2.45) is 5.84 Å². The van der Waals surface area contributed by atoms with Crippen molar-refractivity contribution in [3.8, 4) is 0 Å². The zero-order valence-corrected chi connectivity index (χ0v) is 11.6. The molecule has 1 amide bonds. The third-order valence-electron chi connectivity index (χ3n) is 2.41. The van der Waals surface area contributed by atoms with Crippen molar-refractivity contribution in [3.63, 3.8) is 0 Å². The highest BCUT2D eigenvalue weighted by molar-refractivity contribution is 9.10. The summed E-state index contributed by atoms with van der Waals surface area (Å²) in [6.07, 6.45) is 2.85. The van der Waals surface area contributed by atoms with Gasteiger partial charge in [-0.2, -0.15) is 4.68 Å². The number of nitrogens with two attached hydrogens (primary N) is 1. The SMILES string of the molecule is NNC(=O)c1ccc(Cn2cc(Br)c([N+](=O)[O-])n2)nc1. The second-order valence-corrected chi connectivity index (χ2v) is 4.62. The van der Waals surface area contributed by atoms with Gasteiger partial charge < -0.3 is 10.1 Å². The molecule has 0 unspecified atom stereocenters. The standard InChI is InChI=1S/C10H9BrN6O3/c11-8-5-16(15-9(8)17(19)20)4-7-2-1-6(3-13-7)10(18)14-12/h1-3,5H,4,12H2,(H,14,18). The first kappa shape index (κ1) is 14.1. The third kappa shape index (κ3) is 2.97. The number of aromatic nitrogens is 3. The minimum Gasteiger partial charge on any atom is -0.358 e. The van der Waals surface area contributed by atoms with E-state index in [1.807, 2.05) is 5.43 Å². The summed E-state index contributed by atoms with van der Waals surface area (Å²) in [4.78, 5) is 25.4. The Balaban J connectivity index is 2.16. The molecule has 0 spiro atoms. The van der Waals surface area contributed by atoms with Crippen LogP contribution in [0.1, 0.15) is 16.1 Å². The van der Waals surface area contributed by atoms with Gasteiger partial charge in [-0.25, -0.2) is 5.84 Å². The molecule has 104 valence electrons. The number of hydrogen-bond acceptors (Lipinski definition) is 6. The smallest absolute Gasteiger partial charge is 0.358 e. The van der Waals surface area contributed by atoms with Gasteiger partial charge in [0.05, 0.1) is 22.6 Å². The van der Waals surface area contributed by atoms with Crippen LogP contribution in [0.5, 0.6) is 0 Å². The van der Waals surface area contributed by atoms with Crippen molar-refractivity contribution in [2.75, 3.05) is 0 Å². The first-order valence-corrected chi connectivity index (χ1v) is 6.13. The van der Waals surface area contributed by atoms with E-state index in [1.54, 1.807) is 12.1 Å². The molecule has 0 saturated carbocycles. The lowest BCUT2D eigenvalue weighted by molar-refractivity contribution is -0.390. The normalized spacial score (nSPS) is 10.3. The quantitative estimate of drug-likeness (QED) is 0.363. The molecule has 0 aliphatic carbocycles. The molecule has 9 nitrogen and oxygen atoms in total. The van der Waals surface area contributed by atoms with Crippen LogP contribution in [-0.2, 0) is 6.54 Å². The molecule has 0 bridgehead atoms. The molecule has 0 atom stereocenters. The lowest BCUT2D eigenvalue weighted by atomic mass is 10.2. The second-order valence-electron chi connectivity index (χ2n) is 3.77. The number of pyridine rings is 1. The van der Waals surface area contributed by atoms with Gasteiger partial charge in [0.15, 0.2) is 0 Å². The fourth-order valence-corrected chi connectivity index (χ4v) is 1.95. The number of nitrogen functional groups attached to an aromatic ring is 1. The lowest BCUT2D eigenvalue weighted by Crippen LogP contribution is -2.30. The Labute approximate surface area is 121 Å². The second kappa shape index (κ2) is 5.75. The molecule has 0 radical (unpaired) electrons. The average Bonchev–Trinajstić information content (AvgIpc) is 2.79. The molecule has 2 rings (SSSR count). The van der Waals surface area contributed by atoms with Gasteiger partial charge in [0, 0.05) is 6.20 Å². The molecule has 2 aromatic rings. The van der Waals surface area contributed by atoms with Gasteiger partial charge in [0.1, 0.15) is 11.0 Å². The molecule has 0 saturated heterocycles. The monoisotopic (exact) mass is 340 g/mol. The number of hydrogen-bond donors (Lipinski definition) is 2. The predicted octanol–water partition coefficient (Wildman–Crippen LogP) is 0.601. The van der Waals surface area contributed by atoms with Crippen LogP contribution in [0.25, 0.3) is 0 Å². The van der Waals surface area contributed by atoms with Crippen LogP contribution in [0.15, 0.2) is 29.0 Å². The van der Waals surface area contributed by atoms with Gasteiger partial charge >= 0.3 is 5.82 Å². The molecule has 2 heterocycles. The van der Waals surface area contributed by atoms with E-state index >= 15 is 0 Å². The molecular formula is C10H9BrN6O3. The van der Waals surface area contributed by atoms with Crippen LogP contribution in [0.2, 0.25) is 0 Å². The third-order valence-corrected chi connectivity index (χ3v) is 2.97. The molecule has 2 aromatic heterocycles. The summed E-state index contributed by atoms with van der Waals surface area (Å²) < 4.78 is 1.68. The molecule has 0 aromatic carbocycles. The highest BCUT2D eigenvalue weighted by Gasteiger charge is 2.18. The van der Waals surface area contributed by atoms with Crippen LogP contribution in [-0.4, -0.2) is 25.6 Å². The largest absolute Gasteiger partial charge is 0.404 e. The summed E-state index contributed by atoms with van der Waals surface area (Å²) in [5.41, 5.74) is 2.92. The fourth-order valence-electron chi connectivity index (χ4n) is 1.49. The van der Waals surface area contributed by atoms with Crippen molar-refractivity contribution in [1.29, 1.82) is 0 Å². The molecule has 0 fully saturated rings. The average molecular weight is 341 g/mol. The predicted molar refractivity (Wildman–Crippen MR) is 71.6 cm³/mol. The minimum atomic E-state index is -0.581. The van der Waals surface area contributed by atoms with Crippen LogP contribution in [0.3, 0.4) is 0 Å². The van der Waals surface area contributed by atoms with Crippen LogP contribution < -0.4 is 11.3 Å². The van der Waals surface area contributed by atoms with E-state index in [9.17, 15) is 14.9 Å². The zero-order chi connectivity index (χ0) is 14.7. The number of rotatable bonds is 4. The number of hydrazine groups is 1. The lowest BCUT2D eigenvalue weighted by Gasteiger charge is -2.01. The van der Waals surface area contributed by atoms with E-state index in [1.165, 1.54) is 17.1 Å². The Kier molecular flexibility index (Phi) is 4.05. The number of carbonyl (C=O) groups is 1. The van der Waals surface area contributed by atoms with E-state index in [0.717, 1.165) is 0 Å². The van der Waals surface area contributed by atoms with E-state index in [0.29, 0.717) is 15.7 Å². The number of amides is 1. The Morgan fingerprint density at radius 3 is 2.80 bits per heavy atom. The van der Waals surface area contributed by atoms with E-state index in [2.05, 4.69) is 26.0 Å². The van der Waals surface area contributed by atoms with E-state index in [-0.39, 0.29) is 12.4 Å².